The molecule has 3 aromatic rings. The van der Waals surface area contributed by atoms with Crippen LogP contribution >= 0.6 is 0 Å². The van der Waals surface area contributed by atoms with Crippen molar-refractivity contribution in [3.05, 3.63) is 60.4 Å². The summed E-state index contributed by atoms with van der Waals surface area (Å²) in [5, 5.41) is 3.62. The normalized spacial score (nSPS) is 10.5. The SMILES string of the molecule is Nc1cc(F)cc2c(C(=O)Nc3cccnc3)nccc12. The summed E-state index contributed by atoms with van der Waals surface area (Å²) >= 11 is 0. The molecular formula is C15H11FN4O. The molecule has 0 radical (unpaired) electrons. The molecule has 2 heterocycles. The van der Waals surface area contributed by atoms with E-state index in [2.05, 4.69) is 15.3 Å². The Kier molecular flexibility index (Phi) is 3.19. The summed E-state index contributed by atoms with van der Waals surface area (Å²) in [5.41, 5.74) is 6.68. The van der Waals surface area contributed by atoms with Crippen LogP contribution in [0.2, 0.25) is 0 Å². The van der Waals surface area contributed by atoms with Crippen LogP contribution in [0.15, 0.2) is 48.9 Å². The number of rotatable bonds is 2. The van der Waals surface area contributed by atoms with E-state index in [0.717, 1.165) is 0 Å². The number of pyridine rings is 2. The zero-order chi connectivity index (χ0) is 14.8. The van der Waals surface area contributed by atoms with Gasteiger partial charge in [0.25, 0.3) is 5.91 Å². The average Bonchev–Trinajstić information content (AvgIpc) is 2.47. The molecule has 0 bridgehead atoms. The van der Waals surface area contributed by atoms with Gasteiger partial charge in [0.1, 0.15) is 11.5 Å². The molecule has 0 aliphatic rings. The van der Waals surface area contributed by atoms with Crippen LogP contribution in [0, 0.1) is 5.82 Å². The largest absolute Gasteiger partial charge is 0.398 e. The Morgan fingerprint density at radius 2 is 2.05 bits per heavy atom. The van der Waals surface area contributed by atoms with Crippen LogP contribution in [0.5, 0.6) is 0 Å². The molecule has 21 heavy (non-hydrogen) atoms. The second-order valence-electron chi connectivity index (χ2n) is 4.45. The number of carbonyl (C=O) groups excluding carboxylic acids is 1. The van der Waals surface area contributed by atoms with Gasteiger partial charge in [-0.3, -0.25) is 14.8 Å². The number of aromatic nitrogens is 2. The van der Waals surface area contributed by atoms with Crippen LogP contribution in [0.4, 0.5) is 15.8 Å². The number of carbonyl (C=O) groups is 1. The Labute approximate surface area is 119 Å². The van der Waals surface area contributed by atoms with E-state index in [1.807, 2.05) is 0 Å². The lowest BCUT2D eigenvalue weighted by atomic mass is 10.1. The van der Waals surface area contributed by atoms with Gasteiger partial charge in [-0.2, -0.15) is 0 Å². The summed E-state index contributed by atoms with van der Waals surface area (Å²) in [6.45, 7) is 0. The first-order valence-corrected chi connectivity index (χ1v) is 6.20. The third-order valence-corrected chi connectivity index (χ3v) is 3.01. The van der Waals surface area contributed by atoms with E-state index in [-0.39, 0.29) is 11.4 Å². The lowest BCUT2D eigenvalue weighted by Crippen LogP contribution is -2.14. The van der Waals surface area contributed by atoms with Crippen LogP contribution < -0.4 is 11.1 Å². The fourth-order valence-corrected chi connectivity index (χ4v) is 2.08. The molecule has 0 aliphatic heterocycles. The number of hydrogen-bond donors (Lipinski definition) is 2. The highest BCUT2D eigenvalue weighted by Gasteiger charge is 2.14. The minimum Gasteiger partial charge on any atom is -0.398 e. The van der Waals surface area contributed by atoms with E-state index in [0.29, 0.717) is 16.5 Å². The van der Waals surface area contributed by atoms with Gasteiger partial charge in [-0.25, -0.2) is 4.39 Å². The van der Waals surface area contributed by atoms with Gasteiger partial charge in [-0.15, -0.1) is 0 Å². The first kappa shape index (κ1) is 13.0. The highest BCUT2D eigenvalue weighted by molar-refractivity contribution is 6.12. The fraction of sp³-hybridized carbons (Fsp3) is 0. The van der Waals surface area contributed by atoms with Crippen molar-refractivity contribution in [3.8, 4) is 0 Å². The van der Waals surface area contributed by atoms with Crippen molar-refractivity contribution >= 4 is 28.1 Å². The maximum absolute atomic E-state index is 13.5. The first-order valence-electron chi connectivity index (χ1n) is 6.20. The number of halogens is 1. The predicted molar refractivity (Wildman–Crippen MR) is 78.3 cm³/mol. The van der Waals surface area contributed by atoms with Crippen LogP contribution in [-0.4, -0.2) is 15.9 Å². The van der Waals surface area contributed by atoms with Crippen molar-refractivity contribution in [3.63, 3.8) is 0 Å². The summed E-state index contributed by atoms with van der Waals surface area (Å²) in [6, 6.07) is 7.50. The van der Waals surface area contributed by atoms with Crippen LogP contribution in [0.25, 0.3) is 10.8 Å². The third-order valence-electron chi connectivity index (χ3n) is 3.01. The molecule has 104 valence electrons. The maximum atomic E-state index is 13.5. The van der Waals surface area contributed by atoms with E-state index in [1.54, 1.807) is 24.4 Å². The summed E-state index contributed by atoms with van der Waals surface area (Å²) in [4.78, 5) is 20.2. The molecule has 0 saturated carbocycles. The van der Waals surface area contributed by atoms with Crippen molar-refractivity contribution in [2.24, 2.45) is 0 Å². The van der Waals surface area contributed by atoms with Gasteiger partial charge in [-0.05, 0) is 30.3 Å². The molecule has 0 unspecified atom stereocenters. The second-order valence-corrected chi connectivity index (χ2v) is 4.45. The smallest absolute Gasteiger partial charge is 0.274 e. The van der Waals surface area contributed by atoms with Crippen molar-refractivity contribution < 1.29 is 9.18 Å². The zero-order valence-corrected chi connectivity index (χ0v) is 10.9. The molecular weight excluding hydrogens is 271 g/mol. The Morgan fingerprint density at radius 1 is 1.19 bits per heavy atom. The fourth-order valence-electron chi connectivity index (χ4n) is 2.08. The molecule has 0 spiro atoms. The molecule has 1 aromatic carbocycles. The van der Waals surface area contributed by atoms with Gasteiger partial charge in [0, 0.05) is 28.9 Å². The van der Waals surface area contributed by atoms with E-state index in [4.69, 9.17) is 5.73 Å². The Bertz CT molecular complexity index is 821. The summed E-state index contributed by atoms with van der Waals surface area (Å²) in [7, 11) is 0. The molecule has 0 atom stereocenters. The number of anilines is 2. The van der Waals surface area contributed by atoms with Gasteiger partial charge < -0.3 is 11.1 Å². The minimum absolute atomic E-state index is 0.113. The number of nitrogens with one attached hydrogen (secondary N) is 1. The first-order chi connectivity index (χ1) is 10.1. The molecule has 3 rings (SSSR count). The molecule has 0 aliphatic carbocycles. The van der Waals surface area contributed by atoms with Crippen LogP contribution in [-0.2, 0) is 0 Å². The molecule has 1 amide bonds. The molecule has 3 N–H and O–H groups in total. The standard InChI is InChI=1S/C15H11FN4O/c16-9-6-12-11(13(17)7-9)3-5-19-14(12)15(21)20-10-2-1-4-18-8-10/h1-8H,17H2,(H,20,21). The van der Waals surface area contributed by atoms with E-state index in [9.17, 15) is 9.18 Å². The molecule has 6 heteroatoms. The molecule has 0 saturated heterocycles. The Hall–Kier alpha value is -3.02. The van der Waals surface area contributed by atoms with E-state index < -0.39 is 11.7 Å². The second kappa shape index (κ2) is 5.16. The maximum Gasteiger partial charge on any atom is 0.274 e. The number of fused-ring (bicyclic) bond motifs is 1. The van der Waals surface area contributed by atoms with Crippen molar-refractivity contribution in [2.75, 3.05) is 11.1 Å². The van der Waals surface area contributed by atoms with Crippen molar-refractivity contribution in [1.29, 1.82) is 0 Å². The van der Waals surface area contributed by atoms with Gasteiger partial charge in [0.15, 0.2) is 0 Å². The predicted octanol–water partition coefficient (Wildman–Crippen LogP) is 2.60. The van der Waals surface area contributed by atoms with Crippen LogP contribution in [0.1, 0.15) is 10.5 Å². The lowest BCUT2D eigenvalue weighted by Gasteiger charge is -2.08. The number of benzene rings is 1. The van der Waals surface area contributed by atoms with Gasteiger partial charge in [-0.1, -0.05) is 0 Å². The van der Waals surface area contributed by atoms with E-state index >= 15 is 0 Å². The average molecular weight is 282 g/mol. The molecule has 2 aromatic heterocycles. The van der Waals surface area contributed by atoms with Crippen LogP contribution in [0.3, 0.4) is 0 Å². The van der Waals surface area contributed by atoms with Crippen molar-refractivity contribution in [1.82, 2.24) is 9.97 Å². The summed E-state index contributed by atoms with van der Waals surface area (Å²) in [5.74, 6) is -0.956. The lowest BCUT2D eigenvalue weighted by molar-refractivity contribution is 0.102. The minimum atomic E-state index is -0.511. The number of hydrogen-bond acceptors (Lipinski definition) is 4. The quantitative estimate of drug-likeness (QED) is 0.708. The summed E-state index contributed by atoms with van der Waals surface area (Å²) < 4.78 is 13.5. The van der Waals surface area contributed by atoms with Gasteiger partial charge in [0.05, 0.1) is 11.9 Å². The number of amides is 1. The number of nitrogen functional groups attached to an aromatic ring is 1. The summed E-state index contributed by atoms with van der Waals surface area (Å²) in [6.07, 6.45) is 4.58. The Morgan fingerprint density at radius 3 is 2.81 bits per heavy atom. The van der Waals surface area contributed by atoms with E-state index in [1.165, 1.54) is 24.5 Å². The monoisotopic (exact) mass is 282 g/mol. The molecule has 0 fully saturated rings. The number of nitrogens with zero attached hydrogens (tertiary/aromatic N) is 2. The zero-order valence-electron chi connectivity index (χ0n) is 10.9. The topological polar surface area (TPSA) is 80.9 Å². The Balaban J connectivity index is 2.06. The third kappa shape index (κ3) is 2.51. The highest BCUT2D eigenvalue weighted by Crippen LogP contribution is 2.25. The highest BCUT2D eigenvalue weighted by atomic mass is 19.1. The van der Waals surface area contributed by atoms with Crippen molar-refractivity contribution in [2.45, 2.75) is 0 Å². The van der Waals surface area contributed by atoms with Gasteiger partial charge >= 0.3 is 0 Å². The molecule has 5 nitrogen and oxygen atoms in total. The number of nitrogens with two attached hydrogens (primary N) is 1. The van der Waals surface area contributed by atoms with Gasteiger partial charge in [0.2, 0.25) is 0 Å².